The molecular formula is C17H15FN2O3. The molecule has 23 heavy (non-hydrogen) atoms. The molecule has 2 aromatic carbocycles. The SMILES string of the molecule is C[C@@]1(c2cccc(OCc3ccc(F)cc3)c2)NC(=O)NC1=O. The molecule has 0 bridgehead atoms. The number of nitrogens with one attached hydrogen (secondary N) is 2. The summed E-state index contributed by atoms with van der Waals surface area (Å²) in [6.45, 7) is 1.91. The first-order chi connectivity index (χ1) is 11.0. The molecule has 1 aliphatic heterocycles. The van der Waals surface area contributed by atoms with E-state index in [1.165, 1.54) is 12.1 Å². The summed E-state index contributed by atoms with van der Waals surface area (Å²) in [6, 6.07) is 12.5. The molecule has 3 rings (SSSR count). The second-order valence-electron chi connectivity index (χ2n) is 5.48. The van der Waals surface area contributed by atoms with Crippen molar-refractivity contribution >= 4 is 11.9 Å². The van der Waals surface area contributed by atoms with E-state index >= 15 is 0 Å². The van der Waals surface area contributed by atoms with E-state index in [0.29, 0.717) is 11.3 Å². The van der Waals surface area contributed by atoms with Crippen LogP contribution in [0.15, 0.2) is 48.5 Å². The second-order valence-corrected chi connectivity index (χ2v) is 5.48. The highest BCUT2D eigenvalue weighted by atomic mass is 19.1. The van der Waals surface area contributed by atoms with Crippen molar-refractivity contribution in [2.45, 2.75) is 19.1 Å². The number of urea groups is 1. The smallest absolute Gasteiger partial charge is 0.322 e. The van der Waals surface area contributed by atoms with Gasteiger partial charge in [-0.05, 0) is 42.3 Å². The first-order valence-corrected chi connectivity index (χ1v) is 7.09. The molecule has 0 radical (unpaired) electrons. The Morgan fingerprint density at radius 3 is 2.52 bits per heavy atom. The Hall–Kier alpha value is -2.89. The van der Waals surface area contributed by atoms with Crippen molar-refractivity contribution in [1.29, 1.82) is 0 Å². The fraction of sp³-hybridized carbons (Fsp3) is 0.176. The average Bonchev–Trinajstić information content (AvgIpc) is 2.81. The van der Waals surface area contributed by atoms with Gasteiger partial charge in [0.15, 0.2) is 0 Å². The van der Waals surface area contributed by atoms with Gasteiger partial charge in [-0.1, -0.05) is 24.3 Å². The third kappa shape index (κ3) is 3.01. The molecule has 1 atom stereocenters. The molecule has 0 spiro atoms. The van der Waals surface area contributed by atoms with Crippen molar-refractivity contribution in [3.8, 4) is 5.75 Å². The van der Waals surface area contributed by atoms with Crippen LogP contribution in [0, 0.1) is 5.82 Å². The van der Waals surface area contributed by atoms with Crippen molar-refractivity contribution in [1.82, 2.24) is 10.6 Å². The summed E-state index contributed by atoms with van der Waals surface area (Å²) < 4.78 is 18.5. The maximum Gasteiger partial charge on any atom is 0.322 e. The molecule has 3 amide bonds. The van der Waals surface area contributed by atoms with Crippen LogP contribution in [0.1, 0.15) is 18.1 Å². The third-order valence-electron chi connectivity index (χ3n) is 3.77. The Kier molecular flexibility index (Phi) is 3.73. The van der Waals surface area contributed by atoms with E-state index in [2.05, 4.69) is 10.6 Å². The number of halogens is 1. The monoisotopic (exact) mass is 314 g/mol. The molecule has 1 heterocycles. The van der Waals surface area contributed by atoms with Crippen LogP contribution in [0.3, 0.4) is 0 Å². The van der Waals surface area contributed by atoms with E-state index in [1.54, 1.807) is 43.3 Å². The molecular weight excluding hydrogens is 299 g/mol. The Morgan fingerprint density at radius 2 is 1.87 bits per heavy atom. The van der Waals surface area contributed by atoms with Crippen molar-refractivity contribution in [2.24, 2.45) is 0 Å². The van der Waals surface area contributed by atoms with Crippen LogP contribution >= 0.6 is 0 Å². The fourth-order valence-electron chi connectivity index (χ4n) is 2.39. The maximum absolute atomic E-state index is 12.9. The van der Waals surface area contributed by atoms with Gasteiger partial charge in [0.1, 0.15) is 23.7 Å². The van der Waals surface area contributed by atoms with Crippen LogP contribution < -0.4 is 15.4 Å². The van der Waals surface area contributed by atoms with Gasteiger partial charge in [-0.2, -0.15) is 0 Å². The maximum atomic E-state index is 12.9. The minimum atomic E-state index is -1.12. The highest BCUT2D eigenvalue weighted by Crippen LogP contribution is 2.27. The summed E-state index contributed by atoms with van der Waals surface area (Å²) in [5, 5.41) is 4.83. The summed E-state index contributed by atoms with van der Waals surface area (Å²) in [6.07, 6.45) is 0. The van der Waals surface area contributed by atoms with Crippen LogP contribution in [-0.2, 0) is 16.9 Å². The molecule has 0 saturated carbocycles. The lowest BCUT2D eigenvalue weighted by Crippen LogP contribution is -2.40. The Bertz CT molecular complexity index is 761. The predicted octanol–water partition coefficient (Wildman–Crippen LogP) is 2.46. The van der Waals surface area contributed by atoms with Crippen LogP contribution in [0.25, 0.3) is 0 Å². The molecule has 2 aromatic rings. The number of hydrogen-bond donors (Lipinski definition) is 2. The number of ether oxygens (including phenoxy) is 1. The van der Waals surface area contributed by atoms with Gasteiger partial charge in [0, 0.05) is 0 Å². The van der Waals surface area contributed by atoms with Gasteiger partial charge in [0.25, 0.3) is 5.91 Å². The zero-order chi connectivity index (χ0) is 16.4. The van der Waals surface area contributed by atoms with Gasteiger partial charge in [0.2, 0.25) is 0 Å². The highest BCUT2D eigenvalue weighted by Gasteiger charge is 2.43. The van der Waals surface area contributed by atoms with Gasteiger partial charge in [0.05, 0.1) is 0 Å². The standard InChI is InChI=1S/C17H15FN2O3/c1-17(15(21)19-16(22)20-17)12-3-2-4-14(9-12)23-10-11-5-7-13(18)8-6-11/h2-9H,10H2,1H3,(H2,19,20,21,22)/t17-/m0/s1. The molecule has 6 heteroatoms. The summed E-state index contributed by atoms with van der Waals surface area (Å²) >= 11 is 0. The van der Waals surface area contributed by atoms with Crippen LogP contribution in [0.5, 0.6) is 5.75 Å². The van der Waals surface area contributed by atoms with E-state index in [4.69, 9.17) is 4.74 Å². The van der Waals surface area contributed by atoms with Crippen molar-refractivity contribution < 1.29 is 18.7 Å². The summed E-state index contributed by atoms with van der Waals surface area (Å²) in [4.78, 5) is 23.3. The van der Waals surface area contributed by atoms with Crippen molar-refractivity contribution in [3.05, 3.63) is 65.5 Å². The van der Waals surface area contributed by atoms with Gasteiger partial charge >= 0.3 is 6.03 Å². The highest BCUT2D eigenvalue weighted by molar-refractivity contribution is 6.07. The normalized spacial score (nSPS) is 20.1. The van der Waals surface area contributed by atoms with E-state index in [0.717, 1.165) is 5.56 Å². The van der Waals surface area contributed by atoms with Crippen molar-refractivity contribution in [2.75, 3.05) is 0 Å². The van der Waals surface area contributed by atoms with Crippen LogP contribution in [0.4, 0.5) is 9.18 Å². The number of amides is 3. The Balaban J connectivity index is 1.76. The molecule has 0 unspecified atom stereocenters. The molecule has 1 saturated heterocycles. The van der Waals surface area contributed by atoms with Gasteiger partial charge in [-0.15, -0.1) is 0 Å². The Labute approximate surface area is 132 Å². The average molecular weight is 314 g/mol. The first kappa shape index (κ1) is 15.0. The van der Waals surface area contributed by atoms with E-state index in [9.17, 15) is 14.0 Å². The van der Waals surface area contributed by atoms with Crippen molar-refractivity contribution in [3.63, 3.8) is 0 Å². The van der Waals surface area contributed by atoms with Gasteiger partial charge < -0.3 is 10.1 Å². The largest absolute Gasteiger partial charge is 0.489 e. The summed E-state index contributed by atoms with van der Waals surface area (Å²) in [5.74, 6) is -0.146. The molecule has 0 aliphatic carbocycles. The van der Waals surface area contributed by atoms with Crippen LogP contribution in [-0.4, -0.2) is 11.9 Å². The van der Waals surface area contributed by atoms with E-state index < -0.39 is 17.5 Å². The molecule has 5 nitrogen and oxygen atoms in total. The number of imide groups is 1. The molecule has 1 fully saturated rings. The zero-order valence-electron chi connectivity index (χ0n) is 12.4. The fourth-order valence-corrected chi connectivity index (χ4v) is 2.39. The minimum absolute atomic E-state index is 0.277. The van der Waals surface area contributed by atoms with E-state index in [-0.39, 0.29) is 12.4 Å². The molecule has 2 N–H and O–H groups in total. The van der Waals surface area contributed by atoms with E-state index in [1.807, 2.05) is 0 Å². The zero-order valence-corrected chi connectivity index (χ0v) is 12.4. The minimum Gasteiger partial charge on any atom is -0.489 e. The summed E-state index contributed by atoms with van der Waals surface area (Å²) in [7, 11) is 0. The number of benzene rings is 2. The Morgan fingerprint density at radius 1 is 1.13 bits per heavy atom. The number of carbonyl (C=O) groups is 2. The van der Waals surface area contributed by atoms with Gasteiger partial charge in [-0.3, -0.25) is 10.1 Å². The molecule has 118 valence electrons. The quantitative estimate of drug-likeness (QED) is 0.852. The van der Waals surface area contributed by atoms with Crippen LogP contribution in [0.2, 0.25) is 0 Å². The predicted molar refractivity (Wildman–Crippen MR) is 81.2 cm³/mol. The lowest BCUT2D eigenvalue weighted by Gasteiger charge is -2.21. The van der Waals surface area contributed by atoms with Gasteiger partial charge in [-0.25, -0.2) is 9.18 Å². The number of hydrogen-bond acceptors (Lipinski definition) is 3. The lowest BCUT2D eigenvalue weighted by atomic mass is 9.92. The second kappa shape index (κ2) is 5.72. The lowest BCUT2D eigenvalue weighted by molar-refractivity contribution is -0.123. The molecule has 1 aliphatic rings. The topological polar surface area (TPSA) is 67.4 Å². The molecule has 0 aromatic heterocycles. The number of rotatable bonds is 4. The number of carbonyl (C=O) groups excluding carboxylic acids is 2. The third-order valence-corrected chi connectivity index (χ3v) is 3.77. The first-order valence-electron chi connectivity index (χ1n) is 7.09. The summed E-state index contributed by atoms with van der Waals surface area (Å²) in [5.41, 5.74) is 0.333.